The summed E-state index contributed by atoms with van der Waals surface area (Å²) >= 11 is 0. The predicted octanol–water partition coefficient (Wildman–Crippen LogP) is 2.08. The topological polar surface area (TPSA) is 42.7 Å². The number of rotatable bonds is 2. The lowest BCUT2D eigenvalue weighted by Gasteiger charge is -2.22. The molecule has 1 aromatic heterocycles. The van der Waals surface area contributed by atoms with Gasteiger partial charge in [-0.2, -0.15) is 5.10 Å². The van der Waals surface area contributed by atoms with Gasteiger partial charge in [0.05, 0.1) is 11.7 Å². The summed E-state index contributed by atoms with van der Waals surface area (Å²) in [6, 6.07) is 10.5. The average molecular weight is 228 g/mol. The van der Waals surface area contributed by atoms with Crippen LogP contribution in [0.4, 0.5) is 0 Å². The average Bonchev–Trinajstić information content (AvgIpc) is 2.90. The molecular formula is C13H16N4. The van der Waals surface area contributed by atoms with E-state index in [1.54, 1.807) is 6.33 Å². The molecule has 4 nitrogen and oxygen atoms in total. The van der Waals surface area contributed by atoms with Crippen LogP contribution in [0.3, 0.4) is 0 Å². The fourth-order valence-corrected chi connectivity index (χ4v) is 2.33. The van der Waals surface area contributed by atoms with Crippen molar-refractivity contribution >= 4 is 0 Å². The quantitative estimate of drug-likeness (QED) is 0.855. The molecule has 0 amide bonds. The molecule has 0 bridgehead atoms. The number of aromatic nitrogens is 3. The van der Waals surface area contributed by atoms with E-state index in [-0.39, 0.29) is 0 Å². The number of hydrogen-bond donors (Lipinski definition) is 1. The lowest BCUT2D eigenvalue weighted by atomic mass is 10.0. The predicted molar refractivity (Wildman–Crippen MR) is 66.0 cm³/mol. The Labute approximate surface area is 101 Å². The summed E-state index contributed by atoms with van der Waals surface area (Å²) < 4.78 is 1.93. The molecule has 1 aromatic carbocycles. The maximum absolute atomic E-state index is 4.41. The smallest absolute Gasteiger partial charge is 0.149 e. The highest BCUT2D eigenvalue weighted by Crippen LogP contribution is 2.22. The minimum absolute atomic E-state index is 0.339. The molecule has 2 heterocycles. The van der Waals surface area contributed by atoms with E-state index < -0.39 is 0 Å². The van der Waals surface area contributed by atoms with Crippen LogP contribution in [0.5, 0.6) is 0 Å². The normalized spacial score (nSPS) is 20.4. The van der Waals surface area contributed by atoms with Gasteiger partial charge in [-0.3, -0.25) is 0 Å². The largest absolute Gasteiger partial charge is 0.307 e. The molecule has 88 valence electrons. The maximum Gasteiger partial charge on any atom is 0.149 e. The van der Waals surface area contributed by atoms with Crippen LogP contribution in [0.1, 0.15) is 31.1 Å². The summed E-state index contributed by atoms with van der Waals surface area (Å²) in [6.07, 6.45) is 5.30. The first kappa shape index (κ1) is 10.5. The van der Waals surface area contributed by atoms with E-state index in [1.807, 2.05) is 22.9 Å². The second kappa shape index (κ2) is 4.67. The first-order chi connectivity index (χ1) is 8.45. The van der Waals surface area contributed by atoms with E-state index in [2.05, 4.69) is 27.5 Å². The Balaban J connectivity index is 1.93. The summed E-state index contributed by atoms with van der Waals surface area (Å²) in [5, 5.41) is 7.84. The second-order valence-corrected chi connectivity index (χ2v) is 4.37. The van der Waals surface area contributed by atoms with Crippen LogP contribution >= 0.6 is 0 Å². The van der Waals surface area contributed by atoms with E-state index in [9.17, 15) is 0 Å². The van der Waals surface area contributed by atoms with Gasteiger partial charge < -0.3 is 5.32 Å². The Morgan fingerprint density at radius 3 is 2.82 bits per heavy atom. The molecule has 0 aliphatic carbocycles. The molecule has 1 fully saturated rings. The van der Waals surface area contributed by atoms with Crippen LogP contribution in [0, 0.1) is 0 Å². The zero-order chi connectivity index (χ0) is 11.5. The van der Waals surface area contributed by atoms with E-state index >= 15 is 0 Å². The van der Waals surface area contributed by atoms with E-state index in [0.29, 0.717) is 6.04 Å². The Morgan fingerprint density at radius 1 is 1.18 bits per heavy atom. The molecule has 1 aliphatic rings. The van der Waals surface area contributed by atoms with E-state index in [0.717, 1.165) is 24.5 Å². The van der Waals surface area contributed by atoms with Crippen LogP contribution in [0.25, 0.3) is 5.69 Å². The van der Waals surface area contributed by atoms with Crippen molar-refractivity contribution < 1.29 is 0 Å². The standard InChI is InChI=1S/C13H16N4/c1-2-6-11(7-3-1)17-13(15-10-16-17)12-8-4-5-9-14-12/h1-3,6-7,10,12,14H,4-5,8-9H2/t12-/m0/s1. The van der Waals surface area contributed by atoms with Gasteiger partial charge in [-0.1, -0.05) is 24.6 Å². The van der Waals surface area contributed by atoms with Gasteiger partial charge >= 0.3 is 0 Å². The van der Waals surface area contributed by atoms with Crippen molar-refractivity contribution in [3.05, 3.63) is 42.5 Å². The van der Waals surface area contributed by atoms with Gasteiger partial charge in [0.1, 0.15) is 12.2 Å². The minimum Gasteiger partial charge on any atom is -0.307 e. The Hall–Kier alpha value is -1.68. The summed E-state index contributed by atoms with van der Waals surface area (Å²) in [4.78, 5) is 4.41. The highest BCUT2D eigenvalue weighted by atomic mass is 15.3. The highest BCUT2D eigenvalue weighted by Gasteiger charge is 2.20. The number of piperidine rings is 1. The van der Waals surface area contributed by atoms with Crippen molar-refractivity contribution in [2.24, 2.45) is 0 Å². The van der Waals surface area contributed by atoms with Gasteiger partial charge in [-0.25, -0.2) is 9.67 Å². The van der Waals surface area contributed by atoms with Crippen LogP contribution in [-0.2, 0) is 0 Å². The van der Waals surface area contributed by atoms with Crippen molar-refractivity contribution in [2.45, 2.75) is 25.3 Å². The molecule has 0 saturated carbocycles. The molecular weight excluding hydrogens is 212 g/mol. The molecule has 1 saturated heterocycles. The van der Waals surface area contributed by atoms with Gasteiger partial charge in [-0.15, -0.1) is 0 Å². The Morgan fingerprint density at radius 2 is 2.06 bits per heavy atom. The zero-order valence-corrected chi connectivity index (χ0v) is 9.71. The van der Waals surface area contributed by atoms with Crippen LogP contribution in [-0.4, -0.2) is 21.3 Å². The van der Waals surface area contributed by atoms with Crippen molar-refractivity contribution in [3.63, 3.8) is 0 Å². The van der Waals surface area contributed by atoms with Crippen LogP contribution < -0.4 is 5.32 Å². The van der Waals surface area contributed by atoms with Crippen molar-refractivity contribution in [2.75, 3.05) is 6.54 Å². The van der Waals surface area contributed by atoms with Crippen molar-refractivity contribution in [3.8, 4) is 5.69 Å². The Kier molecular flexibility index (Phi) is 2.88. The third-order valence-electron chi connectivity index (χ3n) is 3.20. The highest BCUT2D eigenvalue weighted by molar-refractivity contribution is 5.31. The fraction of sp³-hybridized carbons (Fsp3) is 0.385. The third kappa shape index (κ3) is 2.08. The molecule has 1 N–H and O–H groups in total. The number of para-hydroxylation sites is 1. The molecule has 0 radical (unpaired) electrons. The summed E-state index contributed by atoms with van der Waals surface area (Å²) in [6.45, 7) is 1.08. The van der Waals surface area contributed by atoms with Crippen molar-refractivity contribution in [1.29, 1.82) is 0 Å². The van der Waals surface area contributed by atoms with Crippen LogP contribution in [0.15, 0.2) is 36.7 Å². The molecule has 0 unspecified atom stereocenters. The van der Waals surface area contributed by atoms with Gasteiger partial charge in [0.25, 0.3) is 0 Å². The number of benzene rings is 1. The monoisotopic (exact) mass is 228 g/mol. The number of hydrogen-bond acceptors (Lipinski definition) is 3. The molecule has 1 atom stereocenters. The SMILES string of the molecule is c1ccc(-n2ncnc2[C@@H]2CCCCN2)cc1. The molecule has 4 heteroatoms. The van der Waals surface area contributed by atoms with E-state index in [4.69, 9.17) is 0 Å². The molecule has 2 aromatic rings. The third-order valence-corrected chi connectivity index (χ3v) is 3.20. The molecule has 3 rings (SSSR count). The summed E-state index contributed by atoms with van der Waals surface area (Å²) in [7, 11) is 0. The van der Waals surface area contributed by atoms with Gasteiger partial charge in [0.2, 0.25) is 0 Å². The molecule has 1 aliphatic heterocycles. The lowest BCUT2D eigenvalue weighted by molar-refractivity contribution is 0.392. The van der Waals surface area contributed by atoms with Gasteiger partial charge in [0, 0.05) is 0 Å². The Bertz CT molecular complexity index is 471. The minimum atomic E-state index is 0.339. The van der Waals surface area contributed by atoms with E-state index in [1.165, 1.54) is 12.8 Å². The fourth-order valence-electron chi connectivity index (χ4n) is 2.33. The zero-order valence-electron chi connectivity index (χ0n) is 9.71. The second-order valence-electron chi connectivity index (χ2n) is 4.37. The summed E-state index contributed by atoms with van der Waals surface area (Å²) in [5.41, 5.74) is 1.08. The molecule has 0 spiro atoms. The first-order valence-electron chi connectivity index (χ1n) is 6.14. The van der Waals surface area contributed by atoms with Crippen molar-refractivity contribution in [1.82, 2.24) is 20.1 Å². The first-order valence-corrected chi connectivity index (χ1v) is 6.14. The maximum atomic E-state index is 4.41. The van der Waals surface area contributed by atoms with Gasteiger partial charge in [0.15, 0.2) is 0 Å². The lowest BCUT2D eigenvalue weighted by Crippen LogP contribution is -2.29. The summed E-state index contributed by atoms with van der Waals surface area (Å²) in [5.74, 6) is 1.02. The van der Waals surface area contributed by atoms with Crippen LogP contribution in [0.2, 0.25) is 0 Å². The molecule has 17 heavy (non-hydrogen) atoms. The number of nitrogens with zero attached hydrogens (tertiary/aromatic N) is 3. The van der Waals surface area contributed by atoms with Gasteiger partial charge in [-0.05, 0) is 31.5 Å². The number of nitrogens with one attached hydrogen (secondary N) is 1.